The van der Waals surface area contributed by atoms with Gasteiger partial charge >= 0.3 is 5.97 Å². The fraction of sp³-hybridized carbons (Fsp3) is 0.385. The van der Waals surface area contributed by atoms with Gasteiger partial charge in [0.05, 0.1) is 12.2 Å². The van der Waals surface area contributed by atoms with Gasteiger partial charge < -0.3 is 4.74 Å². The summed E-state index contributed by atoms with van der Waals surface area (Å²) in [5, 5.41) is 1.22. The number of carbonyl (C=O) groups is 2. The Bertz CT molecular complexity index is 444. The maximum atomic E-state index is 12.0. The number of rotatable bonds is 6. The lowest BCUT2D eigenvalue weighted by Crippen LogP contribution is -2.12. The molecule has 0 amide bonds. The van der Waals surface area contributed by atoms with E-state index < -0.39 is 5.97 Å². The maximum Gasteiger partial charge on any atom is 0.338 e. The number of Topliss-reactive ketones (excluding diaryl/α,β-unsaturated/α-hetero) is 1. The van der Waals surface area contributed by atoms with Crippen molar-refractivity contribution in [1.29, 1.82) is 0 Å². The van der Waals surface area contributed by atoms with Crippen LogP contribution in [0.15, 0.2) is 18.2 Å². The highest BCUT2D eigenvalue weighted by molar-refractivity contribution is 9.09. The van der Waals surface area contributed by atoms with Gasteiger partial charge in [0.25, 0.3) is 0 Å². The fourth-order valence-electron chi connectivity index (χ4n) is 1.51. The summed E-state index contributed by atoms with van der Waals surface area (Å²) in [5.74, 6) is -0.505. The van der Waals surface area contributed by atoms with E-state index in [4.69, 9.17) is 4.74 Å². The molecule has 3 nitrogen and oxygen atoms in total. The van der Waals surface area contributed by atoms with Gasteiger partial charge in [-0.05, 0) is 24.6 Å². The molecule has 0 atom stereocenters. The Morgan fingerprint density at radius 1 is 1.22 bits per heavy atom. The van der Waals surface area contributed by atoms with Gasteiger partial charge in [0.2, 0.25) is 0 Å². The zero-order chi connectivity index (χ0) is 13.5. The van der Waals surface area contributed by atoms with Crippen LogP contribution >= 0.6 is 31.9 Å². The lowest BCUT2D eigenvalue weighted by Gasteiger charge is -2.09. The van der Waals surface area contributed by atoms with Crippen LogP contribution in [0.2, 0.25) is 0 Å². The highest BCUT2D eigenvalue weighted by Crippen LogP contribution is 2.18. The number of halogens is 2. The third-order valence-corrected chi connectivity index (χ3v) is 3.40. The topological polar surface area (TPSA) is 43.4 Å². The van der Waals surface area contributed by atoms with Gasteiger partial charge in [0.15, 0.2) is 5.78 Å². The maximum absolute atomic E-state index is 12.0. The van der Waals surface area contributed by atoms with Crippen LogP contribution in [0.5, 0.6) is 0 Å². The van der Waals surface area contributed by atoms with Crippen LogP contribution in [-0.4, -0.2) is 23.7 Å². The molecule has 0 aliphatic heterocycles. The molecule has 0 aromatic heterocycles. The molecule has 1 aromatic rings. The molecular formula is C13H14Br2O3. The number of ketones is 1. The molecule has 0 spiro atoms. The molecular weight excluding hydrogens is 364 g/mol. The monoisotopic (exact) mass is 376 g/mol. The molecule has 0 saturated carbocycles. The van der Waals surface area contributed by atoms with Gasteiger partial charge in [-0.3, -0.25) is 4.79 Å². The smallest absolute Gasteiger partial charge is 0.338 e. The minimum atomic E-state index is -0.448. The Morgan fingerprint density at radius 2 is 1.94 bits per heavy atom. The van der Waals surface area contributed by atoms with E-state index in [1.807, 2.05) is 6.07 Å². The summed E-state index contributed by atoms with van der Waals surface area (Å²) in [6.07, 6.45) is 0.359. The van der Waals surface area contributed by atoms with Gasteiger partial charge in [-0.25, -0.2) is 4.79 Å². The van der Waals surface area contributed by atoms with Gasteiger partial charge in [0.1, 0.15) is 0 Å². The molecule has 0 saturated heterocycles. The van der Waals surface area contributed by atoms with Crippen LogP contribution in [0.4, 0.5) is 0 Å². The molecule has 18 heavy (non-hydrogen) atoms. The number of hydrogen-bond donors (Lipinski definition) is 0. The van der Waals surface area contributed by atoms with Crippen molar-refractivity contribution in [2.45, 2.75) is 18.7 Å². The van der Waals surface area contributed by atoms with Gasteiger partial charge in [-0.1, -0.05) is 37.9 Å². The highest BCUT2D eigenvalue weighted by atomic mass is 79.9. The summed E-state index contributed by atoms with van der Waals surface area (Å²) in [5.41, 5.74) is 1.73. The van der Waals surface area contributed by atoms with Gasteiger partial charge in [-0.2, -0.15) is 0 Å². The first-order valence-electron chi connectivity index (χ1n) is 5.59. The van der Waals surface area contributed by atoms with E-state index in [2.05, 4.69) is 31.9 Å². The predicted octanol–water partition coefficient (Wildman–Crippen LogP) is 3.73. The van der Waals surface area contributed by atoms with Crippen molar-refractivity contribution in [2.24, 2.45) is 0 Å². The highest BCUT2D eigenvalue weighted by Gasteiger charge is 2.18. The molecule has 0 fully saturated rings. The summed E-state index contributed by atoms with van der Waals surface area (Å²) in [4.78, 5) is 23.8. The van der Waals surface area contributed by atoms with E-state index in [9.17, 15) is 9.59 Å². The first kappa shape index (κ1) is 15.4. The van der Waals surface area contributed by atoms with E-state index in [-0.39, 0.29) is 5.78 Å². The summed E-state index contributed by atoms with van der Waals surface area (Å²) < 4.78 is 4.96. The number of carbonyl (C=O) groups excluding carboxylic acids is 2. The normalized spacial score (nSPS) is 10.2. The summed E-state index contributed by atoms with van der Waals surface area (Å²) >= 11 is 6.56. The second-order valence-corrected chi connectivity index (χ2v) is 4.95. The van der Waals surface area contributed by atoms with Crippen LogP contribution < -0.4 is 0 Å². The minimum Gasteiger partial charge on any atom is -0.462 e. The summed E-state index contributed by atoms with van der Waals surface area (Å²) in [6, 6.07) is 5.20. The number of esters is 1. The fourth-order valence-corrected chi connectivity index (χ4v) is 2.22. The standard InChI is InChI=1S/C13H14Br2O3/c1-2-18-13(17)10-4-3-9(8-15)7-11(10)12(16)5-6-14/h3-4,7H,2,5-6,8H2,1H3. The summed E-state index contributed by atoms with van der Waals surface area (Å²) in [6.45, 7) is 2.04. The first-order chi connectivity index (χ1) is 8.63. The Labute approximate surface area is 123 Å². The van der Waals surface area contributed by atoms with Crippen molar-refractivity contribution in [3.63, 3.8) is 0 Å². The molecule has 1 rings (SSSR count). The average Bonchev–Trinajstić information content (AvgIpc) is 2.38. The molecule has 0 aliphatic rings. The SMILES string of the molecule is CCOC(=O)c1ccc(CBr)cc1C(=O)CCBr. The molecule has 0 heterocycles. The first-order valence-corrected chi connectivity index (χ1v) is 7.83. The second-order valence-electron chi connectivity index (χ2n) is 3.60. The molecule has 0 aliphatic carbocycles. The van der Waals surface area contributed by atoms with E-state index in [0.29, 0.717) is 34.8 Å². The quantitative estimate of drug-likeness (QED) is 0.431. The largest absolute Gasteiger partial charge is 0.462 e. The molecule has 0 N–H and O–H groups in total. The van der Waals surface area contributed by atoms with E-state index in [1.54, 1.807) is 19.1 Å². The Balaban J connectivity index is 3.15. The van der Waals surface area contributed by atoms with Crippen LogP contribution in [0.25, 0.3) is 0 Å². The average molecular weight is 378 g/mol. The van der Waals surface area contributed by atoms with Crippen molar-refractivity contribution in [3.8, 4) is 0 Å². The molecule has 0 radical (unpaired) electrons. The van der Waals surface area contributed by atoms with E-state index in [1.165, 1.54) is 0 Å². The van der Waals surface area contributed by atoms with Crippen molar-refractivity contribution in [1.82, 2.24) is 0 Å². The van der Waals surface area contributed by atoms with Crippen molar-refractivity contribution in [3.05, 3.63) is 34.9 Å². The zero-order valence-electron chi connectivity index (χ0n) is 10.0. The molecule has 0 bridgehead atoms. The lowest BCUT2D eigenvalue weighted by atomic mass is 9.99. The van der Waals surface area contributed by atoms with Gasteiger partial charge in [0, 0.05) is 22.6 Å². The zero-order valence-corrected chi connectivity index (χ0v) is 13.2. The molecule has 1 aromatic carbocycles. The third-order valence-electron chi connectivity index (χ3n) is 2.36. The lowest BCUT2D eigenvalue weighted by molar-refractivity contribution is 0.0523. The number of benzene rings is 1. The summed E-state index contributed by atoms with van der Waals surface area (Å²) in [7, 11) is 0. The number of alkyl halides is 2. The van der Waals surface area contributed by atoms with Crippen molar-refractivity contribution >= 4 is 43.6 Å². The van der Waals surface area contributed by atoms with Crippen LogP contribution in [-0.2, 0) is 10.1 Å². The third kappa shape index (κ3) is 3.92. The van der Waals surface area contributed by atoms with E-state index >= 15 is 0 Å². The molecule has 5 heteroatoms. The van der Waals surface area contributed by atoms with E-state index in [0.717, 1.165) is 5.56 Å². The van der Waals surface area contributed by atoms with Crippen LogP contribution in [0.1, 0.15) is 39.6 Å². The van der Waals surface area contributed by atoms with Crippen molar-refractivity contribution < 1.29 is 14.3 Å². The Kier molecular flexibility index (Phi) is 6.57. The minimum absolute atomic E-state index is 0.0577. The molecule has 98 valence electrons. The predicted molar refractivity (Wildman–Crippen MR) is 77.8 cm³/mol. The second kappa shape index (κ2) is 7.69. The Morgan fingerprint density at radius 3 is 2.50 bits per heavy atom. The molecule has 0 unspecified atom stereocenters. The van der Waals surface area contributed by atoms with Crippen molar-refractivity contribution in [2.75, 3.05) is 11.9 Å². The Hall–Kier alpha value is -0.680. The van der Waals surface area contributed by atoms with Gasteiger partial charge in [-0.15, -0.1) is 0 Å². The number of hydrogen-bond acceptors (Lipinski definition) is 3. The number of ether oxygens (including phenoxy) is 1. The van der Waals surface area contributed by atoms with Crippen LogP contribution in [0.3, 0.4) is 0 Å². The van der Waals surface area contributed by atoms with Crippen LogP contribution in [0, 0.1) is 0 Å².